The standard InChI is InChI=1S/C10H8ClFS/c1-2-6-3-4-7-8(11)5-13-10(7)9(6)12/h3-5H,2H2,1H3. The molecule has 0 radical (unpaired) electrons. The molecule has 1 aromatic carbocycles. The van der Waals surface area contributed by atoms with Crippen molar-refractivity contribution in [2.24, 2.45) is 0 Å². The van der Waals surface area contributed by atoms with Gasteiger partial charge in [0.15, 0.2) is 0 Å². The van der Waals surface area contributed by atoms with E-state index in [4.69, 9.17) is 11.6 Å². The largest absolute Gasteiger partial charge is 0.205 e. The summed E-state index contributed by atoms with van der Waals surface area (Å²) in [5, 5.41) is 3.23. The van der Waals surface area contributed by atoms with Crippen LogP contribution < -0.4 is 0 Å². The van der Waals surface area contributed by atoms with Gasteiger partial charge < -0.3 is 0 Å². The molecule has 2 rings (SSSR count). The second kappa shape index (κ2) is 3.28. The Hall–Kier alpha value is -0.600. The molecule has 0 atom stereocenters. The van der Waals surface area contributed by atoms with Crippen LogP contribution in [-0.4, -0.2) is 0 Å². The molecule has 0 unspecified atom stereocenters. The lowest BCUT2D eigenvalue weighted by atomic mass is 10.1. The molecular formula is C10H8ClFS. The zero-order valence-corrected chi connectivity index (χ0v) is 8.68. The van der Waals surface area contributed by atoms with Gasteiger partial charge in [0.2, 0.25) is 0 Å². The van der Waals surface area contributed by atoms with Gasteiger partial charge in [0, 0.05) is 10.8 Å². The van der Waals surface area contributed by atoms with E-state index >= 15 is 0 Å². The average molecular weight is 215 g/mol. The van der Waals surface area contributed by atoms with E-state index < -0.39 is 0 Å². The third-order valence-electron chi connectivity index (χ3n) is 2.10. The zero-order chi connectivity index (χ0) is 9.42. The van der Waals surface area contributed by atoms with Crippen molar-refractivity contribution in [2.75, 3.05) is 0 Å². The molecule has 0 saturated heterocycles. The fourth-order valence-electron chi connectivity index (χ4n) is 1.35. The normalized spacial score (nSPS) is 11.0. The summed E-state index contributed by atoms with van der Waals surface area (Å²) in [5.41, 5.74) is 0.756. The lowest BCUT2D eigenvalue weighted by molar-refractivity contribution is 0.626. The van der Waals surface area contributed by atoms with Crippen molar-refractivity contribution in [2.45, 2.75) is 13.3 Å². The maximum Gasteiger partial charge on any atom is 0.144 e. The smallest absolute Gasteiger partial charge is 0.144 e. The number of benzene rings is 1. The van der Waals surface area contributed by atoms with Gasteiger partial charge in [0.1, 0.15) is 5.82 Å². The molecule has 2 aromatic rings. The Balaban J connectivity index is 2.80. The first kappa shape index (κ1) is 8.97. The minimum Gasteiger partial charge on any atom is -0.205 e. The van der Waals surface area contributed by atoms with E-state index in [0.29, 0.717) is 9.72 Å². The molecule has 0 bridgehead atoms. The third kappa shape index (κ3) is 1.34. The van der Waals surface area contributed by atoms with Crippen LogP contribution in [0.5, 0.6) is 0 Å². The number of hydrogen-bond acceptors (Lipinski definition) is 1. The first-order valence-corrected chi connectivity index (χ1v) is 5.34. The maximum atomic E-state index is 13.6. The van der Waals surface area contributed by atoms with E-state index in [1.165, 1.54) is 11.3 Å². The van der Waals surface area contributed by atoms with E-state index in [2.05, 4.69) is 0 Å². The highest BCUT2D eigenvalue weighted by Crippen LogP contribution is 2.33. The summed E-state index contributed by atoms with van der Waals surface area (Å²) in [6.45, 7) is 1.94. The molecule has 0 saturated carbocycles. The number of fused-ring (bicyclic) bond motifs is 1. The first-order chi connectivity index (χ1) is 6.24. The van der Waals surface area contributed by atoms with E-state index in [0.717, 1.165) is 17.4 Å². The summed E-state index contributed by atoms with van der Waals surface area (Å²) in [6.07, 6.45) is 0.720. The van der Waals surface area contributed by atoms with Gasteiger partial charge in [-0.1, -0.05) is 30.7 Å². The van der Waals surface area contributed by atoms with Crippen LogP contribution in [0, 0.1) is 5.82 Å². The highest BCUT2D eigenvalue weighted by molar-refractivity contribution is 7.17. The fraction of sp³-hybridized carbons (Fsp3) is 0.200. The number of halogens is 2. The SMILES string of the molecule is CCc1ccc2c(Cl)csc2c1F. The molecule has 3 heteroatoms. The zero-order valence-electron chi connectivity index (χ0n) is 7.10. The Morgan fingerprint density at radius 3 is 2.92 bits per heavy atom. The molecule has 68 valence electrons. The van der Waals surface area contributed by atoms with Crippen LogP contribution in [0.3, 0.4) is 0 Å². The Kier molecular flexibility index (Phi) is 2.26. The molecule has 0 aliphatic heterocycles. The van der Waals surface area contributed by atoms with Crippen molar-refractivity contribution in [1.29, 1.82) is 0 Å². The van der Waals surface area contributed by atoms with Gasteiger partial charge in [-0.2, -0.15) is 0 Å². The summed E-state index contributed by atoms with van der Waals surface area (Å²) < 4.78 is 14.3. The molecule has 0 amide bonds. The monoisotopic (exact) mass is 214 g/mol. The van der Waals surface area contributed by atoms with Crippen molar-refractivity contribution in [1.82, 2.24) is 0 Å². The topological polar surface area (TPSA) is 0 Å². The predicted octanol–water partition coefficient (Wildman–Crippen LogP) is 4.26. The summed E-state index contributed by atoms with van der Waals surface area (Å²) in [7, 11) is 0. The molecule has 0 spiro atoms. The Bertz CT molecular complexity index is 447. The van der Waals surface area contributed by atoms with Gasteiger partial charge in [0.05, 0.1) is 9.72 Å². The summed E-state index contributed by atoms with van der Waals surface area (Å²) >= 11 is 7.25. The van der Waals surface area contributed by atoms with E-state index in [1.807, 2.05) is 13.0 Å². The highest BCUT2D eigenvalue weighted by Gasteiger charge is 2.09. The third-order valence-corrected chi connectivity index (χ3v) is 3.53. The van der Waals surface area contributed by atoms with Crippen molar-refractivity contribution >= 4 is 33.0 Å². The molecule has 0 N–H and O–H groups in total. The van der Waals surface area contributed by atoms with Crippen LogP contribution >= 0.6 is 22.9 Å². The van der Waals surface area contributed by atoms with Crippen LogP contribution in [0.25, 0.3) is 10.1 Å². The minimum absolute atomic E-state index is 0.114. The second-order valence-electron chi connectivity index (χ2n) is 2.85. The molecular weight excluding hydrogens is 207 g/mol. The Morgan fingerprint density at radius 2 is 2.23 bits per heavy atom. The van der Waals surface area contributed by atoms with Gasteiger partial charge in [-0.25, -0.2) is 4.39 Å². The Morgan fingerprint density at radius 1 is 1.46 bits per heavy atom. The molecule has 0 aliphatic carbocycles. The Labute approximate surface area is 85.0 Å². The van der Waals surface area contributed by atoms with E-state index in [9.17, 15) is 4.39 Å². The summed E-state index contributed by atoms with van der Waals surface area (Å²) in [6, 6.07) is 3.69. The number of hydrogen-bond donors (Lipinski definition) is 0. The maximum absolute atomic E-state index is 13.6. The summed E-state index contributed by atoms with van der Waals surface area (Å²) in [5.74, 6) is -0.114. The van der Waals surface area contributed by atoms with Gasteiger partial charge in [-0.05, 0) is 12.0 Å². The average Bonchev–Trinajstić information content (AvgIpc) is 2.50. The van der Waals surface area contributed by atoms with Gasteiger partial charge in [-0.15, -0.1) is 11.3 Å². The van der Waals surface area contributed by atoms with Crippen LogP contribution in [-0.2, 0) is 6.42 Å². The number of rotatable bonds is 1. The molecule has 1 heterocycles. The lowest BCUT2D eigenvalue weighted by Gasteiger charge is -1.99. The van der Waals surface area contributed by atoms with Crippen molar-refractivity contribution in [3.05, 3.63) is 33.9 Å². The molecule has 0 fully saturated rings. The van der Waals surface area contributed by atoms with Crippen LogP contribution in [0.1, 0.15) is 12.5 Å². The van der Waals surface area contributed by atoms with Crippen molar-refractivity contribution < 1.29 is 4.39 Å². The second-order valence-corrected chi connectivity index (χ2v) is 4.14. The minimum atomic E-state index is -0.114. The molecule has 0 aliphatic rings. The number of thiophene rings is 1. The van der Waals surface area contributed by atoms with Crippen molar-refractivity contribution in [3.63, 3.8) is 0 Å². The number of aryl methyl sites for hydroxylation is 1. The fourth-order valence-corrected chi connectivity index (χ4v) is 2.58. The van der Waals surface area contributed by atoms with Gasteiger partial charge in [0.25, 0.3) is 0 Å². The van der Waals surface area contributed by atoms with Gasteiger partial charge in [-0.3, -0.25) is 0 Å². The molecule has 0 nitrogen and oxygen atoms in total. The molecule has 1 aromatic heterocycles. The van der Waals surface area contributed by atoms with E-state index in [-0.39, 0.29) is 5.82 Å². The van der Waals surface area contributed by atoms with Gasteiger partial charge >= 0.3 is 0 Å². The van der Waals surface area contributed by atoms with E-state index in [1.54, 1.807) is 11.4 Å². The summed E-state index contributed by atoms with van der Waals surface area (Å²) in [4.78, 5) is 0. The van der Waals surface area contributed by atoms with Crippen LogP contribution in [0.2, 0.25) is 5.02 Å². The van der Waals surface area contributed by atoms with Crippen LogP contribution in [0.4, 0.5) is 4.39 Å². The first-order valence-electron chi connectivity index (χ1n) is 4.08. The quantitative estimate of drug-likeness (QED) is 0.666. The predicted molar refractivity (Wildman–Crippen MR) is 56.2 cm³/mol. The van der Waals surface area contributed by atoms with Crippen molar-refractivity contribution in [3.8, 4) is 0 Å². The van der Waals surface area contributed by atoms with Crippen LogP contribution in [0.15, 0.2) is 17.5 Å². The molecule has 13 heavy (non-hydrogen) atoms. The highest BCUT2D eigenvalue weighted by atomic mass is 35.5. The lowest BCUT2D eigenvalue weighted by Crippen LogP contribution is -1.86.